The Morgan fingerprint density at radius 1 is 1.00 bits per heavy atom. The maximum Gasteiger partial charge on any atom is 0.228 e. The molecule has 3 aromatic rings. The number of carbonyl (C=O) groups is 2. The normalized spacial score (nSPS) is 20.2. The predicted molar refractivity (Wildman–Crippen MR) is 167 cm³/mol. The van der Waals surface area contributed by atoms with Crippen LogP contribution in [0.1, 0.15) is 47.6 Å². The number of aliphatic hydroxyl groups is 2. The number of hydrogen-bond donors (Lipinski definition) is 4. The summed E-state index contributed by atoms with van der Waals surface area (Å²) in [6.07, 6.45) is -0.798. The summed E-state index contributed by atoms with van der Waals surface area (Å²) in [6.45, 7) is 6.03. The van der Waals surface area contributed by atoms with Crippen LogP contribution in [0.4, 0.5) is 0 Å². The van der Waals surface area contributed by atoms with E-state index in [1.165, 1.54) is 6.92 Å². The summed E-state index contributed by atoms with van der Waals surface area (Å²) in [5.41, 5.74) is 3.59. The van der Waals surface area contributed by atoms with E-state index < -0.39 is 30.2 Å². The van der Waals surface area contributed by atoms with Crippen molar-refractivity contribution in [3.05, 3.63) is 101 Å². The van der Waals surface area contributed by atoms with Gasteiger partial charge < -0.3 is 30.3 Å². The summed E-state index contributed by atoms with van der Waals surface area (Å²) in [5, 5.41) is 28.3. The number of amides is 2. The van der Waals surface area contributed by atoms with E-state index >= 15 is 0 Å². The fourth-order valence-corrected chi connectivity index (χ4v) is 6.13. The lowest BCUT2D eigenvalue weighted by atomic mass is 9.87. The Morgan fingerprint density at radius 2 is 1.70 bits per heavy atom. The van der Waals surface area contributed by atoms with Gasteiger partial charge in [-0.2, -0.15) is 0 Å². The third kappa shape index (κ3) is 8.45. The van der Waals surface area contributed by atoms with Gasteiger partial charge >= 0.3 is 0 Å². The van der Waals surface area contributed by atoms with Crippen molar-refractivity contribution < 1.29 is 29.3 Å². The second-order valence-corrected chi connectivity index (χ2v) is 11.7. The Labute approximate surface area is 259 Å². The van der Waals surface area contributed by atoms with Gasteiger partial charge in [0, 0.05) is 33.0 Å². The SMILES string of the molecule is CC(=O)NC(Cc1ccccc1)C(O)CC(C(=O)N[C@H]1c2ccccc2C[C@@H]1O)c1ccc(OCCN2CCOCC2)cc1. The standard InChI is InChI=1S/C35H43N3O6/c1-24(39)36-31(21-25-7-3-2-4-8-25)32(40)23-30(35(42)37-34-29-10-6-5-9-27(29)22-33(34)41)26-11-13-28(14-12-26)44-20-17-38-15-18-43-19-16-38/h2-14,30-34,40-41H,15-23H2,1H3,(H,36,39)(H,37,42)/t30?,31?,32?,33-,34-/m0/s1. The molecular weight excluding hydrogens is 558 g/mol. The van der Waals surface area contributed by atoms with Gasteiger partial charge in [-0.25, -0.2) is 0 Å². The zero-order valence-corrected chi connectivity index (χ0v) is 25.2. The summed E-state index contributed by atoms with van der Waals surface area (Å²) in [5.74, 6) is -0.594. The molecule has 5 atom stereocenters. The average molecular weight is 602 g/mol. The van der Waals surface area contributed by atoms with Gasteiger partial charge in [0.25, 0.3) is 0 Å². The number of benzene rings is 3. The van der Waals surface area contributed by atoms with Crippen molar-refractivity contribution in [1.29, 1.82) is 0 Å². The quantitative estimate of drug-likeness (QED) is 0.238. The van der Waals surface area contributed by atoms with Gasteiger partial charge in [0.2, 0.25) is 11.8 Å². The molecular formula is C35H43N3O6. The summed E-state index contributed by atoms with van der Waals surface area (Å²) < 4.78 is 11.4. The molecule has 3 aromatic carbocycles. The molecule has 234 valence electrons. The van der Waals surface area contributed by atoms with Crippen LogP contribution in [0.15, 0.2) is 78.9 Å². The van der Waals surface area contributed by atoms with E-state index in [-0.39, 0.29) is 18.2 Å². The number of fused-ring (bicyclic) bond motifs is 1. The molecule has 0 saturated carbocycles. The maximum atomic E-state index is 14.0. The lowest BCUT2D eigenvalue weighted by Crippen LogP contribution is -2.46. The van der Waals surface area contributed by atoms with Crippen molar-refractivity contribution in [3.8, 4) is 5.75 Å². The van der Waals surface area contributed by atoms with Crippen LogP contribution in [0.3, 0.4) is 0 Å². The van der Waals surface area contributed by atoms with E-state index in [1.54, 1.807) is 0 Å². The first-order valence-electron chi connectivity index (χ1n) is 15.5. The average Bonchev–Trinajstić information content (AvgIpc) is 3.35. The molecule has 9 heteroatoms. The van der Waals surface area contributed by atoms with Gasteiger partial charge in [-0.1, -0.05) is 66.7 Å². The van der Waals surface area contributed by atoms with Crippen molar-refractivity contribution in [2.45, 2.75) is 56.4 Å². The van der Waals surface area contributed by atoms with E-state index in [2.05, 4.69) is 15.5 Å². The number of ether oxygens (including phenoxy) is 2. The molecule has 2 aliphatic rings. The predicted octanol–water partition coefficient (Wildman–Crippen LogP) is 2.75. The first-order valence-corrected chi connectivity index (χ1v) is 15.5. The minimum atomic E-state index is -1.01. The Bertz CT molecular complexity index is 1360. The molecule has 1 aliphatic heterocycles. The summed E-state index contributed by atoms with van der Waals surface area (Å²) >= 11 is 0. The number of hydrogen-bond acceptors (Lipinski definition) is 7. The molecule has 0 aromatic heterocycles. The second-order valence-electron chi connectivity index (χ2n) is 11.7. The number of carbonyl (C=O) groups excluding carboxylic acids is 2. The molecule has 0 bridgehead atoms. The Kier molecular flexibility index (Phi) is 11.0. The molecule has 5 rings (SSSR count). The molecule has 1 aliphatic carbocycles. The van der Waals surface area contributed by atoms with Crippen LogP contribution in [-0.4, -0.2) is 84.6 Å². The van der Waals surface area contributed by atoms with Crippen LogP contribution in [0.5, 0.6) is 5.75 Å². The van der Waals surface area contributed by atoms with Crippen LogP contribution >= 0.6 is 0 Å². The molecule has 4 N–H and O–H groups in total. The molecule has 9 nitrogen and oxygen atoms in total. The highest BCUT2D eigenvalue weighted by Crippen LogP contribution is 2.33. The minimum absolute atomic E-state index is 0.0747. The lowest BCUT2D eigenvalue weighted by Gasteiger charge is -2.29. The Morgan fingerprint density at radius 3 is 2.43 bits per heavy atom. The first-order chi connectivity index (χ1) is 21.4. The largest absolute Gasteiger partial charge is 0.492 e. The number of nitrogens with one attached hydrogen (secondary N) is 2. The molecule has 1 heterocycles. The van der Waals surface area contributed by atoms with E-state index in [4.69, 9.17) is 9.47 Å². The summed E-state index contributed by atoms with van der Waals surface area (Å²) in [4.78, 5) is 28.4. The second kappa shape index (κ2) is 15.3. The number of morpholine rings is 1. The topological polar surface area (TPSA) is 120 Å². The molecule has 1 fully saturated rings. The van der Waals surface area contributed by atoms with Gasteiger partial charge in [-0.3, -0.25) is 14.5 Å². The van der Waals surface area contributed by atoms with Crippen molar-refractivity contribution in [1.82, 2.24) is 15.5 Å². The van der Waals surface area contributed by atoms with Crippen molar-refractivity contribution in [2.75, 3.05) is 39.5 Å². The number of rotatable bonds is 13. The van der Waals surface area contributed by atoms with E-state index in [9.17, 15) is 19.8 Å². The highest BCUT2D eigenvalue weighted by molar-refractivity contribution is 5.84. The van der Waals surface area contributed by atoms with Crippen LogP contribution in [0.2, 0.25) is 0 Å². The molecule has 44 heavy (non-hydrogen) atoms. The van der Waals surface area contributed by atoms with Crippen LogP contribution in [0.25, 0.3) is 0 Å². The van der Waals surface area contributed by atoms with Gasteiger partial charge in [0.1, 0.15) is 12.4 Å². The smallest absolute Gasteiger partial charge is 0.228 e. The highest BCUT2D eigenvalue weighted by atomic mass is 16.5. The third-order valence-corrected chi connectivity index (χ3v) is 8.51. The number of nitrogens with zero attached hydrogens (tertiary/aromatic N) is 1. The van der Waals surface area contributed by atoms with Crippen LogP contribution in [0, 0.1) is 0 Å². The highest BCUT2D eigenvalue weighted by Gasteiger charge is 2.35. The minimum Gasteiger partial charge on any atom is -0.492 e. The van der Waals surface area contributed by atoms with Crippen LogP contribution < -0.4 is 15.4 Å². The number of aliphatic hydroxyl groups excluding tert-OH is 2. The van der Waals surface area contributed by atoms with E-state index in [0.29, 0.717) is 30.8 Å². The van der Waals surface area contributed by atoms with E-state index in [0.717, 1.165) is 49.5 Å². The van der Waals surface area contributed by atoms with Crippen molar-refractivity contribution in [3.63, 3.8) is 0 Å². The zero-order chi connectivity index (χ0) is 30.9. The summed E-state index contributed by atoms with van der Waals surface area (Å²) in [6, 6.07) is 23.6. The molecule has 3 unspecified atom stereocenters. The van der Waals surface area contributed by atoms with Crippen molar-refractivity contribution in [2.24, 2.45) is 0 Å². The van der Waals surface area contributed by atoms with Gasteiger partial charge in [-0.05, 0) is 47.2 Å². The van der Waals surface area contributed by atoms with E-state index in [1.807, 2.05) is 78.9 Å². The van der Waals surface area contributed by atoms with Crippen LogP contribution in [-0.2, 0) is 27.2 Å². The monoisotopic (exact) mass is 601 g/mol. The van der Waals surface area contributed by atoms with Gasteiger partial charge in [0.15, 0.2) is 0 Å². The maximum absolute atomic E-state index is 14.0. The molecule has 2 amide bonds. The lowest BCUT2D eigenvalue weighted by molar-refractivity contribution is -0.125. The van der Waals surface area contributed by atoms with Gasteiger partial charge in [0.05, 0.1) is 43.4 Å². The fourth-order valence-electron chi connectivity index (χ4n) is 6.13. The Hall–Kier alpha value is -3.76. The zero-order valence-electron chi connectivity index (χ0n) is 25.2. The Balaban J connectivity index is 1.32. The fraction of sp³-hybridized carbons (Fsp3) is 0.429. The van der Waals surface area contributed by atoms with Crippen molar-refractivity contribution >= 4 is 11.8 Å². The molecule has 0 radical (unpaired) electrons. The first kappa shape index (κ1) is 31.7. The summed E-state index contributed by atoms with van der Waals surface area (Å²) in [7, 11) is 0. The third-order valence-electron chi connectivity index (χ3n) is 8.51. The van der Waals surface area contributed by atoms with Gasteiger partial charge in [-0.15, -0.1) is 0 Å². The molecule has 0 spiro atoms. The molecule has 1 saturated heterocycles.